The third-order valence-electron chi connectivity index (χ3n) is 5.11. The SMILES string of the molecule is O=C(N[C@@H](Cc1ccccc1)C(=O)NCc1nncn1C1CC1)OCc1ccccc1. The Hall–Kier alpha value is -3.68. The van der Waals surface area contributed by atoms with E-state index in [0.29, 0.717) is 18.3 Å². The number of nitrogens with zero attached hydrogens (tertiary/aromatic N) is 3. The highest BCUT2D eigenvalue weighted by Gasteiger charge is 2.27. The van der Waals surface area contributed by atoms with Gasteiger partial charge in [0.1, 0.15) is 19.0 Å². The molecule has 1 aliphatic rings. The van der Waals surface area contributed by atoms with Crippen LogP contribution in [-0.4, -0.2) is 32.8 Å². The summed E-state index contributed by atoms with van der Waals surface area (Å²) in [4.78, 5) is 25.3. The van der Waals surface area contributed by atoms with Gasteiger partial charge in [-0.2, -0.15) is 0 Å². The van der Waals surface area contributed by atoms with Crippen LogP contribution < -0.4 is 10.6 Å². The molecule has 0 aliphatic heterocycles. The predicted molar refractivity (Wildman–Crippen MR) is 114 cm³/mol. The lowest BCUT2D eigenvalue weighted by atomic mass is 10.1. The highest BCUT2D eigenvalue weighted by molar-refractivity contribution is 5.85. The van der Waals surface area contributed by atoms with Crippen molar-refractivity contribution in [3.05, 3.63) is 83.9 Å². The number of benzene rings is 2. The van der Waals surface area contributed by atoms with E-state index in [1.165, 1.54) is 0 Å². The first-order valence-electron chi connectivity index (χ1n) is 10.4. The molecule has 1 saturated carbocycles. The molecule has 0 spiro atoms. The minimum Gasteiger partial charge on any atom is -0.445 e. The van der Waals surface area contributed by atoms with Crippen molar-refractivity contribution in [1.29, 1.82) is 0 Å². The van der Waals surface area contributed by atoms with E-state index in [-0.39, 0.29) is 19.1 Å². The van der Waals surface area contributed by atoms with Crippen LogP contribution in [0.4, 0.5) is 4.79 Å². The summed E-state index contributed by atoms with van der Waals surface area (Å²) in [7, 11) is 0. The zero-order valence-electron chi connectivity index (χ0n) is 17.1. The second-order valence-electron chi connectivity index (χ2n) is 7.55. The molecule has 3 aromatic rings. The molecular formula is C23H25N5O3. The van der Waals surface area contributed by atoms with Crippen molar-refractivity contribution >= 4 is 12.0 Å². The van der Waals surface area contributed by atoms with Crippen LogP contribution in [0.5, 0.6) is 0 Å². The number of nitrogens with one attached hydrogen (secondary N) is 2. The summed E-state index contributed by atoms with van der Waals surface area (Å²) < 4.78 is 7.29. The molecular weight excluding hydrogens is 394 g/mol. The van der Waals surface area contributed by atoms with Gasteiger partial charge in [-0.05, 0) is 24.0 Å². The van der Waals surface area contributed by atoms with Gasteiger partial charge in [0.05, 0.1) is 6.54 Å². The lowest BCUT2D eigenvalue weighted by molar-refractivity contribution is -0.123. The van der Waals surface area contributed by atoms with Gasteiger partial charge in [-0.3, -0.25) is 4.79 Å². The summed E-state index contributed by atoms with van der Waals surface area (Å²) >= 11 is 0. The van der Waals surface area contributed by atoms with Crippen molar-refractivity contribution < 1.29 is 14.3 Å². The van der Waals surface area contributed by atoms with Gasteiger partial charge in [0, 0.05) is 12.5 Å². The Morgan fingerprint density at radius 2 is 1.71 bits per heavy atom. The van der Waals surface area contributed by atoms with Crippen molar-refractivity contribution in [3.63, 3.8) is 0 Å². The Labute approximate surface area is 180 Å². The Balaban J connectivity index is 1.37. The smallest absolute Gasteiger partial charge is 0.408 e. The summed E-state index contributed by atoms with van der Waals surface area (Å²) in [5.74, 6) is 0.409. The van der Waals surface area contributed by atoms with Crippen LogP contribution >= 0.6 is 0 Å². The number of hydrogen-bond donors (Lipinski definition) is 2. The molecule has 1 heterocycles. The molecule has 0 unspecified atom stereocenters. The van der Waals surface area contributed by atoms with E-state index in [1.807, 2.05) is 65.2 Å². The van der Waals surface area contributed by atoms with Gasteiger partial charge in [-0.25, -0.2) is 4.79 Å². The lowest BCUT2D eigenvalue weighted by Gasteiger charge is -2.18. The molecule has 4 rings (SSSR count). The molecule has 1 atom stereocenters. The van der Waals surface area contributed by atoms with Crippen molar-refractivity contribution in [1.82, 2.24) is 25.4 Å². The molecule has 0 saturated heterocycles. The van der Waals surface area contributed by atoms with Crippen molar-refractivity contribution in [2.45, 2.75) is 44.5 Å². The number of alkyl carbamates (subject to hydrolysis) is 1. The molecule has 160 valence electrons. The molecule has 1 fully saturated rings. The van der Waals surface area contributed by atoms with E-state index in [0.717, 1.165) is 24.0 Å². The summed E-state index contributed by atoms with van der Waals surface area (Å²) in [6, 6.07) is 18.6. The lowest BCUT2D eigenvalue weighted by Crippen LogP contribution is -2.48. The number of rotatable bonds is 9. The fourth-order valence-corrected chi connectivity index (χ4v) is 3.31. The van der Waals surface area contributed by atoms with Crippen LogP contribution in [0, 0.1) is 0 Å². The van der Waals surface area contributed by atoms with Gasteiger partial charge < -0.3 is 19.9 Å². The number of carbonyl (C=O) groups excluding carboxylic acids is 2. The number of aromatic nitrogens is 3. The van der Waals surface area contributed by atoms with Crippen LogP contribution in [0.2, 0.25) is 0 Å². The maximum Gasteiger partial charge on any atom is 0.408 e. The second kappa shape index (κ2) is 9.88. The van der Waals surface area contributed by atoms with Gasteiger partial charge >= 0.3 is 6.09 Å². The molecule has 1 aliphatic carbocycles. The third-order valence-corrected chi connectivity index (χ3v) is 5.11. The van der Waals surface area contributed by atoms with Crippen LogP contribution in [-0.2, 0) is 29.1 Å². The standard InChI is InChI=1S/C23H25N5O3/c29-22(24-14-21-27-25-16-28(21)19-11-12-19)20(13-17-7-3-1-4-8-17)26-23(30)31-15-18-9-5-2-6-10-18/h1-10,16,19-20H,11-15H2,(H,24,29)(H,26,30)/t20-/m0/s1. The normalized spacial score (nSPS) is 13.9. The first-order valence-corrected chi connectivity index (χ1v) is 10.4. The van der Waals surface area contributed by atoms with Crippen LogP contribution in [0.15, 0.2) is 67.0 Å². The van der Waals surface area contributed by atoms with Gasteiger partial charge in [-0.15, -0.1) is 10.2 Å². The Morgan fingerprint density at radius 3 is 2.39 bits per heavy atom. The first-order chi connectivity index (χ1) is 15.2. The van der Waals surface area contributed by atoms with E-state index in [2.05, 4.69) is 20.8 Å². The van der Waals surface area contributed by atoms with Gasteiger partial charge in [0.25, 0.3) is 0 Å². The van der Waals surface area contributed by atoms with E-state index >= 15 is 0 Å². The second-order valence-corrected chi connectivity index (χ2v) is 7.55. The minimum atomic E-state index is -0.775. The molecule has 0 bridgehead atoms. The zero-order valence-corrected chi connectivity index (χ0v) is 17.1. The van der Waals surface area contributed by atoms with Crippen LogP contribution in [0.25, 0.3) is 0 Å². The van der Waals surface area contributed by atoms with E-state index in [9.17, 15) is 9.59 Å². The number of carbonyl (C=O) groups is 2. The molecule has 2 aromatic carbocycles. The molecule has 0 radical (unpaired) electrons. The van der Waals surface area contributed by atoms with E-state index in [1.54, 1.807) is 6.33 Å². The maximum atomic E-state index is 12.9. The number of hydrogen-bond acceptors (Lipinski definition) is 5. The molecule has 8 nitrogen and oxygen atoms in total. The van der Waals surface area contributed by atoms with Crippen molar-refractivity contribution in [2.24, 2.45) is 0 Å². The number of amides is 2. The zero-order chi connectivity index (χ0) is 21.5. The summed E-state index contributed by atoms with van der Waals surface area (Å²) in [5, 5.41) is 13.6. The molecule has 8 heteroatoms. The van der Waals surface area contributed by atoms with E-state index in [4.69, 9.17) is 4.74 Å². The third kappa shape index (κ3) is 5.91. The topological polar surface area (TPSA) is 98.1 Å². The summed E-state index contributed by atoms with van der Waals surface area (Å²) in [6.07, 6.45) is 3.61. The predicted octanol–water partition coefficient (Wildman–Crippen LogP) is 2.77. The average molecular weight is 419 g/mol. The number of ether oxygens (including phenoxy) is 1. The van der Waals surface area contributed by atoms with E-state index < -0.39 is 12.1 Å². The van der Waals surface area contributed by atoms with Gasteiger partial charge in [-0.1, -0.05) is 60.7 Å². The fourth-order valence-electron chi connectivity index (χ4n) is 3.31. The van der Waals surface area contributed by atoms with Gasteiger partial charge in [0.15, 0.2) is 5.82 Å². The molecule has 31 heavy (non-hydrogen) atoms. The largest absolute Gasteiger partial charge is 0.445 e. The highest BCUT2D eigenvalue weighted by atomic mass is 16.5. The Morgan fingerprint density at radius 1 is 1.03 bits per heavy atom. The molecule has 2 amide bonds. The summed E-state index contributed by atoms with van der Waals surface area (Å²) in [6.45, 7) is 0.387. The highest BCUT2D eigenvalue weighted by Crippen LogP contribution is 2.35. The van der Waals surface area contributed by atoms with Crippen molar-refractivity contribution in [2.75, 3.05) is 0 Å². The van der Waals surface area contributed by atoms with Crippen molar-refractivity contribution in [3.8, 4) is 0 Å². The fraction of sp³-hybridized carbons (Fsp3) is 0.304. The maximum absolute atomic E-state index is 12.9. The first kappa shape index (κ1) is 20.6. The average Bonchev–Trinajstić information content (AvgIpc) is 3.54. The Bertz CT molecular complexity index is 1000. The molecule has 1 aromatic heterocycles. The monoisotopic (exact) mass is 419 g/mol. The van der Waals surface area contributed by atoms with Crippen LogP contribution in [0.1, 0.15) is 35.8 Å². The van der Waals surface area contributed by atoms with Crippen LogP contribution in [0.3, 0.4) is 0 Å². The minimum absolute atomic E-state index is 0.136. The quantitative estimate of drug-likeness (QED) is 0.556. The Kier molecular flexibility index (Phi) is 6.56. The van der Waals surface area contributed by atoms with Gasteiger partial charge in [0.2, 0.25) is 5.91 Å². The molecule has 2 N–H and O–H groups in total. The summed E-state index contributed by atoms with van der Waals surface area (Å²) in [5.41, 5.74) is 1.81.